The Balaban J connectivity index is 2.29. The summed E-state index contributed by atoms with van der Waals surface area (Å²) in [5.74, 6) is 0.648. The van der Waals surface area contributed by atoms with Gasteiger partial charge in [0.1, 0.15) is 0 Å². The van der Waals surface area contributed by atoms with Gasteiger partial charge in [0.2, 0.25) is 0 Å². The van der Waals surface area contributed by atoms with E-state index in [4.69, 9.17) is 0 Å². The first-order valence-electron chi connectivity index (χ1n) is 5.95. The van der Waals surface area contributed by atoms with Crippen molar-refractivity contribution in [3.05, 3.63) is 46.6 Å². The van der Waals surface area contributed by atoms with Crippen molar-refractivity contribution in [1.29, 1.82) is 0 Å². The van der Waals surface area contributed by atoms with Crippen LogP contribution in [0.1, 0.15) is 33.1 Å². The van der Waals surface area contributed by atoms with Gasteiger partial charge in [0.25, 0.3) is 0 Å². The molecule has 0 bridgehead atoms. The molecule has 16 heavy (non-hydrogen) atoms. The molecular formula is C15H18Ti. The zero-order chi connectivity index (χ0) is 11.5. The monoisotopic (exact) mass is 246 g/mol. The van der Waals surface area contributed by atoms with Crippen LogP contribution >= 0.6 is 0 Å². The predicted octanol–water partition coefficient (Wildman–Crippen LogP) is 3.89. The molecule has 0 saturated carbocycles. The molecule has 0 atom stereocenters. The summed E-state index contributed by atoms with van der Waals surface area (Å²) in [6.45, 7) is 4.50. The molecule has 0 saturated heterocycles. The van der Waals surface area contributed by atoms with E-state index in [9.17, 15) is 0 Å². The van der Waals surface area contributed by atoms with Gasteiger partial charge in [-0.1, -0.05) is 0 Å². The molecule has 2 rings (SSSR count). The summed E-state index contributed by atoms with van der Waals surface area (Å²) in [5, 5.41) is 0. The fourth-order valence-electron chi connectivity index (χ4n) is 2.71. The zero-order valence-electron chi connectivity index (χ0n) is 10.1. The predicted molar refractivity (Wildman–Crippen MR) is 67.1 cm³/mol. The van der Waals surface area contributed by atoms with Crippen LogP contribution in [0.2, 0.25) is 0 Å². The van der Waals surface area contributed by atoms with Crippen LogP contribution in [0.5, 0.6) is 0 Å². The Kier molecular flexibility index (Phi) is 3.94. The average Bonchev–Trinajstić information content (AvgIpc) is 2.84. The summed E-state index contributed by atoms with van der Waals surface area (Å²) in [6, 6.07) is 0. The summed E-state index contributed by atoms with van der Waals surface area (Å²) < 4.78 is 2.31. The van der Waals surface area contributed by atoms with Gasteiger partial charge in [0.05, 0.1) is 0 Å². The van der Waals surface area contributed by atoms with Gasteiger partial charge in [-0.25, -0.2) is 0 Å². The molecule has 0 aromatic carbocycles. The molecular weight excluding hydrogens is 228 g/mol. The van der Waals surface area contributed by atoms with Crippen LogP contribution in [0.3, 0.4) is 0 Å². The molecule has 0 aromatic heterocycles. The molecule has 0 nitrogen and oxygen atoms in total. The van der Waals surface area contributed by atoms with Crippen molar-refractivity contribution < 1.29 is 20.0 Å². The van der Waals surface area contributed by atoms with E-state index >= 15 is 0 Å². The van der Waals surface area contributed by atoms with E-state index in [-0.39, 0.29) is 0 Å². The zero-order valence-corrected chi connectivity index (χ0v) is 11.6. The van der Waals surface area contributed by atoms with E-state index in [0.717, 1.165) is 12.8 Å². The maximum atomic E-state index is 2.31. The topological polar surface area (TPSA) is 0 Å². The Morgan fingerprint density at radius 2 is 1.62 bits per heavy atom. The van der Waals surface area contributed by atoms with Crippen LogP contribution in [-0.2, 0) is 20.0 Å². The minimum absolute atomic E-state index is 0.648. The average molecular weight is 246 g/mol. The molecule has 0 amide bonds. The van der Waals surface area contributed by atoms with Gasteiger partial charge in [0, 0.05) is 0 Å². The van der Waals surface area contributed by atoms with Crippen molar-refractivity contribution >= 4 is 4.31 Å². The van der Waals surface area contributed by atoms with E-state index in [1.807, 2.05) is 0 Å². The van der Waals surface area contributed by atoms with Crippen LogP contribution in [0.25, 0.3) is 0 Å². The Bertz CT molecular complexity index is 383. The van der Waals surface area contributed by atoms with Crippen LogP contribution in [0.15, 0.2) is 46.6 Å². The number of hydrogen-bond acceptors (Lipinski definition) is 0. The summed E-state index contributed by atoms with van der Waals surface area (Å²) >= 11 is 2.17. The molecule has 0 heterocycles. The van der Waals surface area contributed by atoms with E-state index in [1.54, 1.807) is 11.1 Å². The molecule has 0 aliphatic heterocycles. The molecule has 82 valence electrons. The SMILES string of the molecule is CC1=C(C(C[CH]=[Ti])C2=C(C)C=CC2)CC=C1. The van der Waals surface area contributed by atoms with Gasteiger partial charge < -0.3 is 0 Å². The first kappa shape index (κ1) is 12.0. The van der Waals surface area contributed by atoms with E-state index < -0.39 is 0 Å². The molecule has 2 aliphatic rings. The van der Waals surface area contributed by atoms with Gasteiger partial charge in [-0.3, -0.25) is 0 Å². The Hall–Kier alpha value is -0.456. The number of rotatable bonds is 4. The van der Waals surface area contributed by atoms with Crippen molar-refractivity contribution in [2.75, 3.05) is 0 Å². The van der Waals surface area contributed by atoms with Crippen molar-refractivity contribution in [2.24, 2.45) is 5.92 Å². The van der Waals surface area contributed by atoms with E-state index in [1.165, 1.54) is 17.6 Å². The maximum absolute atomic E-state index is 2.31. The molecule has 0 aromatic rings. The number of hydrogen-bond donors (Lipinski definition) is 0. The van der Waals surface area contributed by atoms with Crippen LogP contribution in [0.4, 0.5) is 0 Å². The minimum atomic E-state index is 0.648. The molecule has 2 aliphatic carbocycles. The van der Waals surface area contributed by atoms with Crippen molar-refractivity contribution in [2.45, 2.75) is 33.1 Å². The molecule has 0 unspecified atom stereocenters. The molecule has 0 fully saturated rings. The first-order chi connectivity index (χ1) is 7.74. The van der Waals surface area contributed by atoms with Gasteiger partial charge in [-0.2, -0.15) is 0 Å². The van der Waals surface area contributed by atoms with Gasteiger partial charge in [-0.05, 0) is 0 Å². The third-order valence-electron chi connectivity index (χ3n) is 3.62. The van der Waals surface area contributed by atoms with Crippen molar-refractivity contribution in [3.63, 3.8) is 0 Å². The molecule has 0 spiro atoms. The van der Waals surface area contributed by atoms with Gasteiger partial charge in [0.15, 0.2) is 0 Å². The third-order valence-corrected chi connectivity index (χ3v) is 3.99. The summed E-state index contributed by atoms with van der Waals surface area (Å²) in [6.07, 6.45) is 12.6. The fourth-order valence-corrected chi connectivity index (χ4v) is 3.08. The quantitative estimate of drug-likeness (QED) is 0.660. The van der Waals surface area contributed by atoms with Crippen molar-refractivity contribution in [3.8, 4) is 0 Å². The molecule has 0 radical (unpaired) electrons. The van der Waals surface area contributed by atoms with Gasteiger partial charge in [-0.15, -0.1) is 0 Å². The second-order valence-electron chi connectivity index (χ2n) is 4.62. The normalized spacial score (nSPS) is 19.4. The third kappa shape index (κ3) is 2.28. The second-order valence-corrected chi connectivity index (χ2v) is 5.26. The standard InChI is InChI=1S/C15H18.Ti/c1-4-13(14-9-5-7-11(14)2)15-10-6-8-12(15)3;/h1,5-8,13H,4,9-10H2,2-3H3;. The molecule has 0 N–H and O–H groups in total. The van der Waals surface area contributed by atoms with Crippen molar-refractivity contribution in [1.82, 2.24) is 0 Å². The summed E-state index contributed by atoms with van der Waals surface area (Å²) in [5.41, 5.74) is 6.24. The van der Waals surface area contributed by atoms with E-state index in [0.29, 0.717) is 5.92 Å². The van der Waals surface area contributed by atoms with Crippen LogP contribution in [-0.4, -0.2) is 4.31 Å². The van der Waals surface area contributed by atoms with Gasteiger partial charge >= 0.3 is 110 Å². The Labute approximate surface area is 110 Å². The van der Waals surface area contributed by atoms with Crippen LogP contribution < -0.4 is 0 Å². The molecule has 1 heteroatoms. The number of allylic oxidation sites excluding steroid dienone is 8. The Morgan fingerprint density at radius 1 is 1.12 bits per heavy atom. The first-order valence-corrected chi connectivity index (χ1v) is 6.85. The summed E-state index contributed by atoms with van der Waals surface area (Å²) in [4.78, 5) is 0. The van der Waals surface area contributed by atoms with Crippen LogP contribution in [0, 0.1) is 5.92 Å². The Morgan fingerprint density at radius 3 is 1.94 bits per heavy atom. The second kappa shape index (κ2) is 5.25. The fraction of sp³-hybridized carbons (Fsp3) is 0.400. The van der Waals surface area contributed by atoms with E-state index in [2.05, 4.69) is 62.4 Å². The summed E-state index contributed by atoms with van der Waals surface area (Å²) in [7, 11) is 0.